The van der Waals surface area contributed by atoms with E-state index in [4.69, 9.17) is 9.84 Å². The number of hydrogen-bond donors (Lipinski definition) is 2. The molecule has 1 aliphatic heterocycles. The lowest BCUT2D eigenvalue weighted by Gasteiger charge is -2.32. The number of urea groups is 1. The number of carboxylic acids is 1. The van der Waals surface area contributed by atoms with Crippen LogP contribution in [0.3, 0.4) is 0 Å². The summed E-state index contributed by atoms with van der Waals surface area (Å²) in [5.41, 5.74) is 0.486. The van der Waals surface area contributed by atoms with Gasteiger partial charge in [-0.25, -0.2) is 4.79 Å². The van der Waals surface area contributed by atoms with Gasteiger partial charge in [-0.1, -0.05) is 0 Å². The Morgan fingerprint density at radius 1 is 1.57 bits per heavy atom. The molecule has 1 atom stereocenters. The molecule has 8 nitrogen and oxygen atoms in total. The number of aliphatic carboxylic acids is 1. The SMILES string of the molecule is CCOC1CCCN(C(=O)Nc2cnn(CC(=O)O)c2)C1. The highest BCUT2D eigenvalue weighted by Gasteiger charge is 2.24. The van der Waals surface area contributed by atoms with Gasteiger partial charge in [-0.15, -0.1) is 0 Å². The monoisotopic (exact) mass is 296 g/mol. The van der Waals surface area contributed by atoms with E-state index in [1.54, 1.807) is 4.90 Å². The molecule has 0 bridgehead atoms. The number of nitrogens with one attached hydrogen (secondary N) is 1. The zero-order chi connectivity index (χ0) is 15.2. The van der Waals surface area contributed by atoms with Crippen molar-refractivity contribution in [2.75, 3.05) is 25.0 Å². The summed E-state index contributed by atoms with van der Waals surface area (Å²) in [5, 5.41) is 15.3. The zero-order valence-corrected chi connectivity index (χ0v) is 12.0. The Hall–Kier alpha value is -2.09. The largest absolute Gasteiger partial charge is 0.480 e. The minimum atomic E-state index is -0.980. The second kappa shape index (κ2) is 7.07. The van der Waals surface area contributed by atoms with Crippen molar-refractivity contribution in [2.45, 2.75) is 32.4 Å². The van der Waals surface area contributed by atoms with Crippen LogP contribution in [-0.4, -0.2) is 57.6 Å². The van der Waals surface area contributed by atoms with Gasteiger partial charge in [0.15, 0.2) is 0 Å². The van der Waals surface area contributed by atoms with Gasteiger partial charge in [0.2, 0.25) is 0 Å². The number of rotatable bonds is 5. The summed E-state index contributed by atoms with van der Waals surface area (Å²) in [4.78, 5) is 24.4. The van der Waals surface area contributed by atoms with Gasteiger partial charge in [-0.2, -0.15) is 5.10 Å². The van der Waals surface area contributed by atoms with Crippen molar-refractivity contribution in [3.63, 3.8) is 0 Å². The maximum atomic E-state index is 12.2. The molecule has 0 saturated carbocycles. The third-order valence-corrected chi connectivity index (χ3v) is 3.25. The number of likely N-dealkylation sites (tertiary alicyclic amines) is 1. The number of piperidine rings is 1. The van der Waals surface area contributed by atoms with E-state index < -0.39 is 5.97 Å². The Bertz CT molecular complexity index is 500. The molecule has 1 saturated heterocycles. The minimum Gasteiger partial charge on any atom is -0.480 e. The molecule has 2 rings (SSSR count). The van der Waals surface area contributed by atoms with E-state index in [2.05, 4.69) is 10.4 Å². The molecule has 0 aromatic carbocycles. The highest BCUT2D eigenvalue weighted by molar-refractivity contribution is 5.89. The third-order valence-electron chi connectivity index (χ3n) is 3.25. The van der Waals surface area contributed by atoms with Crippen molar-refractivity contribution in [3.8, 4) is 0 Å². The van der Waals surface area contributed by atoms with Gasteiger partial charge in [0.05, 0.1) is 18.0 Å². The lowest BCUT2D eigenvalue weighted by molar-refractivity contribution is -0.137. The second-order valence-electron chi connectivity index (χ2n) is 4.92. The highest BCUT2D eigenvalue weighted by atomic mass is 16.5. The van der Waals surface area contributed by atoms with Crippen LogP contribution in [0.15, 0.2) is 12.4 Å². The van der Waals surface area contributed by atoms with Gasteiger partial charge in [0.1, 0.15) is 6.54 Å². The average Bonchev–Trinajstić information content (AvgIpc) is 2.86. The number of carbonyl (C=O) groups is 2. The van der Waals surface area contributed by atoms with Crippen LogP contribution in [0.5, 0.6) is 0 Å². The van der Waals surface area contributed by atoms with Crippen LogP contribution in [0.4, 0.5) is 10.5 Å². The van der Waals surface area contributed by atoms with Crippen LogP contribution in [0.25, 0.3) is 0 Å². The van der Waals surface area contributed by atoms with Gasteiger partial charge in [-0.3, -0.25) is 9.48 Å². The first-order chi connectivity index (χ1) is 10.1. The Morgan fingerprint density at radius 3 is 3.10 bits per heavy atom. The second-order valence-corrected chi connectivity index (χ2v) is 4.92. The molecule has 116 valence electrons. The number of aromatic nitrogens is 2. The predicted octanol–water partition coefficient (Wildman–Crippen LogP) is 1.00. The summed E-state index contributed by atoms with van der Waals surface area (Å²) >= 11 is 0. The summed E-state index contributed by atoms with van der Waals surface area (Å²) in [6.45, 7) is 3.62. The van der Waals surface area contributed by atoms with E-state index in [1.807, 2.05) is 6.92 Å². The topological polar surface area (TPSA) is 96.7 Å². The normalized spacial score (nSPS) is 18.5. The predicted molar refractivity (Wildman–Crippen MR) is 75.1 cm³/mol. The first-order valence-electron chi connectivity index (χ1n) is 7.00. The van der Waals surface area contributed by atoms with Gasteiger partial charge in [0, 0.05) is 25.9 Å². The lowest BCUT2D eigenvalue weighted by Crippen LogP contribution is -2.45. The molecule has 1 aromatic heterocycles. The standard InChI is InChI=1S/C13H20N4O4/c1-2-21-11-4-3-5-16(8-11)13(20)15-10-6-14-17(7-10)9-12(18)19/h6-7,11H,2-5,8-9H2,1H3,(H,15,20)(H,18,19). The lowest BCUT2D eigenvalue weighted by atomic mass is 10.1. The fourth-order valence-corrected chi connectivity index (χ4v) is 2.35. The molecule has 1 unspecified atom stereocenters. The van der Waals surface area contributed by atoms with E-state index in [-0.39, 0.29) is 18.7 Å². The third kappa shape index (κ3) is 4.45. The molecule has 1 aliphatic rings. The fraction of sp³-hybridized carbons (Fsp3) is 0.615. The number of amides is 2. The Labute approximate surface area is 122 Å². The van der Waals surface area contributed by atoms with Crippen LogP contribution < -0.4 is 5.32 Å². The minimum absolute atomic E-state index is 0.0873. The molecule has 21 heavy (non-hydrogen) atoms. The molecule has 2 amide bonds. The summed E-state index contributed by atoms with van der Waals surface area (Å²) < 4.78 is 6.82. The van der Waals surface area contributed by atoms with E-state index in [0.29, 0.717) is 25.4 Å². The maximum Gasteiger partial charge on any atom is 0.325 e. The number of carboxylic acid groups (broad SMARTS) is 1. The molecular formula is C13H20N4O4. The van der Waals surface area contributed by atoms with Crippen molar-refractivity contribution < 1.29 is 19.4 Å². The van der Waals surface area contributed by atoms with E-state index in [0.717, 1.165) is 12.8 Å². The molecular weight excluding hydrogens is 276 g/mol. The Kier molecular flexibility index (Phi) is 5.15. The Morgan fingerprint density at radius 2 is 2.38 bits per heavy atom. The van der Waals surface area contributed by atoms with E-state index in [9.17, 15) is 9.59 Å². The molecule has 8 heteroatoms. The van der Waals surface area contributed by atoms with Gasteiger partial charge < -0.3 is 20.1 Å². The van der Waals surface area contributed by atoms with Crippen molar-refractivity contribution >= 4 is 17.7 Å². The van der Waals surface area contributed by atoms with Gasteiger partial charge in [0.25, 0.3) is 0 Å². The van der Waals surface area contributed by atoms with Crippen LogP contribution >= 0.6 is 0 Å². The van der Waals surface area contributed by atoms with Crippen LogP contribution in [-0.2, 0) is 16.1 Å². The van der Waals surface area contributed by atoms with Crippen molar-refractivity contribution in [1.82, 2.24) is 14.7 Å². The summed E-state index contributed by atoms with van der Waals surface area (Å²) in [6, 6.07) is -0.214. The molecule has 0 spiro atoms. The first kappa shape index (κ1) is 15.3. The summed E-state index contributed by atoms with van der Waals surface area (Å²) in [7, 11) is 0. The maximum absolute atomic E-state index is 12.2. The fourth-order valence-electron chi connectivity index (χ4n) is 2.35. The first-order valence-corrected chi connectivity index (χ1v) is 7.00. The average molecular weight is 296 g/mol. The smallest absolute Gasteiger partial charge is 0.325 e. The van der Waals surface area contributed by atoms with Gasteiger partial charge in [-0.05, 0) is 19.8 Å². The highest BCUT2D eigenvalue weighted by Crippen LogP contribution is 2.15. The zero-order valence-electron chi connectivity index (χ0n) is 12.0. The van der Waals surface area contributed by atoms with Crippen molar-refractivity contribution in [1.29, 1.82) is 0 Å². The number of carbonyl (C=O) groups excluding carboxylic acids is 1. The molecule has 0 aliphatic carbocycles. The molecule has 2 heterocycles. The van der Waals surface area contributed by atoms with Crippen molar-refractivity contribution in [2.24, 2.45) is 0 Å². The van der Waals surface area contributed by atoms with Crippen LogP contribution in [0.1, 0.15) is 19.8 Å². The van der Waals surface area contributed by atoms with E-state index >= 15 is 0 Å². The van der Waals surface area contributed by atoms with Crippen molar-refractivity contribution in [3.05, 3.63) is 12.4 Å². The quantitative estimate of drug-likeness (QED) is 0.845. The van der Waals surface area contributed by atoms with Crippen LogP contribution in [0.2, 0.25) is 0 Å². The summed E-state index contributed by atoms with van der Waals surface area (Å²) in [6.07, 6.45) is 4.90. The number of ether oxygens (including phenoxy) is 1. The summed E-state index contributed by atoms with van der Waals surface area (Å²) in [5.74, 6) is -0.980. The van der Waals surface area contributed by atoms with E-state index in [1.165, 1.54) is 17.1 Å². The molecule has 0 radical (unpaired) electrons. The molecule has 1 aromatic rings. The number of anilines is 1. The molecule has 2 N–H and O–H groups in total. The van der Waals surface area contributed by atoms with Crippen LogP contribution in [0, 0.1) is 0 Å². The number of nitrogens with zero attached hydrogens (tertiary/aromatic N) is 3. The number of hydrogen-bond acceptors (Lipinski definition) is 4. The Balaban J connectivity index is 1.88. The molecule has 1 fully saturated rings. The van der Waals surface area contributed by atoms with Gasteiger partial charge >= 0.3 is 12.0 Å².